The first kappa shape index (κ1) is 28.2. The van der Waals surface area contributed by atoms with Gasteiger partial charge in [-0.05, 0) is 66.3 Å². The highest BCUT2D eigenvalue weighted by atomic mass is 19.1. The number of nitrogens with one attached hydrogen (secondary N) is 2. The number of alkyl halides is 1. The number of carbonyl (C=O) groups excluding carboxylic acids is 2. The first-order valence-electron chi connectivity index (χ1n) is 14.0. The molecule has 0 bridgehead atoms. The predicted molar refractivity (Wildman–Crippen MR) is 150 cm³/mol. The first-order valence-corrected chi connectivity index (χ1v) is 14.0. The lowest BCUT2D eigenvalue weighted by Gasteiger charge is -2.17. The Morgan fingerprint density at radius 3 is 2.61 bits per heavy atom. The number of nitrogens with two attached hydrogens (primary N) is 2. The fourth-order valence-corrected chi connectivity index (χ4v) is 4.58. The number of aryl methyl sites for hydroxylation is 1. The number of rotatable bonds is 14. The topological polar surface area (TPSA) is 157 Å². The normalized spacial score (nSPS) is 15.8. The number of nitrogens with zero attached hydrogens (tertiary/aromatic N) is 5. The summed E-state index contributed by atoms with van der Waals surface area (Å²) in [5, 5.41) is 14.4. The van der Waals surface area contributed by atoms with Gasteiger partial charge < -0.3 is 21.4 Å². The lowest BCUT2D eigenvalue weighted by molar-refractivity contribution is -0.117. The summed E-state index contributed by atoms with van der Waals surface area (Å²) in [7, 11) is 0. The second-order valence-corrected chi connectivity index (χ2v) is 10.8. The third-order valence-corrected chi connectivity index (χ3v) is 7.19. The van der Waals surface area contributed by atoms with Gasteiger partial charge in [-0.25, -0.2) is 10.2 Å². The van der Waals surface area contributed by atoms with E-state index in [0.717, 1.165) is 16.3 Å². The molecule has 2 saturated carbocycles. The van der Waals surface area contributed by atoms with Gasteiger partial charge in [0.1, 0.15) is 11.9 Å². The van der Waals surface area contributed by atoms with Crippen LogP contribution in [0.5, 0.6) is 0 Å². The van der Waals surface area contributed by atoms with Crippen LogP contribution in [0, 0.1) is 0 Å². The van der Waals surface area contributed by atoms with E-state index in [2.05, 4.69) is 38.1 Å². The molecule has 2 aliphatic carbocycles. The smallest absolute Gasteiger partial charge is 0.273 e. The van der Waals surface area contributed by atoms with E-state index in [-0.39, 0.29) is 43.4 Å². The van der Waals surface area contributed by atoms with Crippen LogP contribution in [0.25, 0.3) is 0 Å². The van der Waals surface area contributed by atoms with Crippen LogP contribution in [-0.4, -0.2) is 49.5 Å². The molecule has 1 aromatic carbocycles. The number of hydrazine groups is 1. The van der Waals surface area contributed by atoms with Crippen molar-refractivity contribution in [2.24, 2.45) is 11.6 Å². The summed E-state index contributed by atoms with van der Waals surface area (Å²) in [5.41, 5.74) is 10.2. The zero-order valence-electron chi connectivity index (χ0n) is 22.9. The number of benzene rings is 1. The van der Waals surface area contributed by atoms with Crippen LogP contribution in [0.1, 0.15) is 76.8 Å². The quantitative estimate of drug-likeness (QED) is 0.133. The zero-order valence-corrected chi connectivity index (χ0v) is 22.9. The Kier molecular flexibility index (Phi) is 8.88. The largest absolute Gasteiger partial charge is 0.393 e. The minimum Gasteiger partial charge on any atom is -0.393 e. The summed E-state index contributed by atoms with van der Waals surface area (Å²) in [4.78, 5) is 29.1. The van der Waals surface area contributed by atoms with Gasteiger partial charge in [-0.15, -0.1) is 5.10 Å². The van der Waals surface area contributed by atoms with Crippen molar-refractivity contribution in [1.82, 2.24) is 35.6 Å². The molecule has 5 rings (SSSR count). The molecule has 216 valence electrons. The Morgan fingerprint density at radius 2 is 1.85 bits per heavy atom. The number of hydrogen-bond acceptors (Lipinski definition) is 8. The molecule has 3 aromatic rings. The summed E-state index contributed by atoms with van der Waals surface area (Å²) < 4.78 is 16.0. The van der Waals surface area contributed by atoms with E-state index < -0.39 is 12.1 Å². The molecule has 2 heterocycles. The number of halogens is 1. The van der Waals surface area contributed by atoms with Gasteiger partial charge in [0.15, 0.2) is 5.69 Å². The highest BCUT2D eigenvalue weighted by Crippen LogP contribution is 2.40. The molecular formula is C29H36FN9O2. The minimum absolute atomic E-state index is 0.0784. The highest BCUT2D eigenvalue weighted by molar-refractivity contribution is 5.92. The number of aromatic nitrogens is 4. The average molecular weight is 562 g/mol. The van der Waals surface area contributed by atoms with Crippen LogP contribution in [0.4, 0.5) is 4.39 Å². The molecule has 0 aliphatic heterocycles. The molecule has 1 atom stereocenters. The summed E-state index contributed by atoms with van der Waals surface area (Å²) in [5.74, 6) is 6.24. The van der Waals surface area contributed by atoms with Gasteiger partial charge in [0.05, 0.1) is 25.0 Å². The van der Waals surface area contributed by atoms with Crippen molar-refractivity contribution in [2.45, 2.75) is 69.7 Å². The van der Waals surface area contributed by atoms with Gasteiger partial charge in [0.25, 0.3) is 11.8 Å². The summed E-state index contributed by atoms with van der Waals surface area (Å²) in [6.45, 7) is 0.645. The van der Waals surface area contributed by atoms with E-state index in [1.54, 1.807) is 6.20 Å². The lowest BCUT2D eigenvalue weighted by Crippen LogP contribution is -2.36. The lowest BCUT2D eigenvalue weighted by atomic mass is 10.1. The van der Waals surface area contributed by atoms with E-state index >= 15 is 0 Å². The monoisotopic (exact) mass is 561 g/mol. The van der Waals surface area contributed by atoms with Crippen molar-refractivity contribution >= 4 is 11.8 Å². The van der Waals surface area contributed by atoms with Crippen LogP contribution < -0.4 is 22.2 Å². The van der Waals surface area contributed by atoms with E-state index in [1.165, 1.54) is 53.9 Å². The van der Waals surface area contributed by atoms with Crippen molar-refractivity contribution in [1.29, 1.82) is 0 Å². The fraction of sp³-hybridized carbons (Fsp3) is 0.414. The molecule has 11 nitrogen and oxygen atoms in total. The van der Waals surface area contributed by atoms with Gasteiger partial charge >= 0.3 is 0 Å². The zero-order chi connectivity index (χ0) is 28.8. The van der Waals surface area contributed by atoms with Crippen LogP contribution >= 0.6 is 0 Å². The summed E-state index contributed by atoms with van der Waals surface area (Å²) in [6.07, 6.45) is 7.98. The second kappa shape index (κ2) is 12.9. The number of pyridine rings is 1. The molecule has 0 radical (unpaired) electrons. The molecule has 41 heavy (non-hydrogen) atoms. The number of carbonyl (C=O) groups is 2. The van der Waals surface area contributed by atoms with Gasteiger partial charge in [-0.3, -0.25) is 19.3 Å². The van der Waals surface area contributed by atoms with E-state index in [4.69, 9.17) is 11.6 Å². The standard InChI is InChI=1S/C29H36FN9O2/c30-24(16-38(32)17-26(31)28(40)35-15-25-13-23(8-10-33-25)21-6-7-21)9-11-39-18-27(36-37-39)29(41)34-14-19-2-1-3-22(12-19)20-4-5-20/h1-3,8,10,12-13,17-18,20-21,24H,4-7,9,11,14-16,31-32H2,(H,34,41)(H,35,40)/b26-17-. The molecule has 2 aliphatic rings. The Balaban J connectivity index is 1.02. The molecule has 1 unspecified atom stereocenters. The molecule has 0 saturated heterocycles. The van der Waals surface area contributed by atoms with Crippen LogP contribution in [0.15, 0.2) is 60.7 Å². The van der Waals surface area contributed by atoms with Crippen molar-refractivity contribution < 1.29 is 14.0 Å². The molecule has 2 aromatic heterocycles. The summed E-state index contributed by atoms with van der Waals surface area (Å²) in [6, 6.07) is 12.2. The van der Waals surface area contributed by atoms with E-state index in [9.17, 15) is 14.0 Å². The van der Waals surface area contributed by atoms with Gasteiger partial charge in [0.2, 0.25) is 0 Å². The average Bonchev–Trinajstić information content (AvgIpc) is 3.91. The predicted octanol–water partition coefficient (Wildman–Crippen LogP) is 2.38. The van der Waals surface area contributed by atoms with Crippen molar-refractivity contribution in [3.63, 3.8) is 0 Å². The Hall–Kier alpha value is -4.32. The fourth-order valence-electron chi connectivity index (χ4n) is 4.58. The SMILES string of the molecule is N/C(=C\N(N)CC(F)CCn1cc(C(=O)NCc2cccc(C3CC3)c2)nn1)C(=O)NCc1cc(C2CC2)ccn1. The molecule has 0 spiro atoms. The summed E-state index contributed by atoms with van der Waals surface area (Å²) >= 11 is 0. The molecular weight excluding hydrogens is 525 g/mol. The van der Waals surface area contributed by atoms with Crippen LogP contribution in [0.3, 0.4) is 0 Å². The Morgan fingerprint density at radius 1 is 1.10 bits per heavy atom. The maximum Gasteiger partial charge on any atom is 0.273 e. The third-order valence-electron chi connectivity index (χ3n) is 7.19. The van der Waals surface area contributed by atoms with Crippen molar-refractivity contribution in [3.05, 3.63) is 88.8 Å². The van der Waals surface area contributed by atoms with E-state index in [0.29, 0.717) is 18.4 Å². The molecule has 2 amide bonds. The van der Waals surface area contributed by atoms with Gasteiger partial charge in [-0.2, -0.15) is 0 Å². The number of hydrogen-bond donors (Lipinski definition) is 4. The van der Waals surface area contributed by atoms with Crippen molar-refractivity contribution in [3.8, 4) is 0 Å². The highest BCUT2D eigenvalue weighted by Gasteiger charge is 2.24. The molecule has 12 heteroatoms. The van der Waals surface area contributed by atoms with Crippen LogP contribution in [0.2, 0.25) is 0 Å². The van der Waals surface area contributed by atoms with Crippen LogP contribution in [-0.2, 0) is 24.4 Å². The first-order chi connectivity index (χ1) is 19.8. The van der Waals surface area contributed by atoms with Gasteiger partial charge in [-0.1, -0.05) is 29.5 Å². The molecule has 6 N–H and O–H groups in total. The second-order valence-electron chi connectivity index (χ2n) is 10.8. The third kappa shape index (κ3) is 8.34. The Labute approximate surface area is 238 Å². The maximum absolute atomic E-state index is 14.6. The number of amides is 2. The minimum atomic E-state index is -1.33. The van der Waals surface area contributed by atoms with E-state index in [1.807, 2.05) is 24.3 Å². The maximum atomic E-state index is 14.6. The van der Waals surface area contributed by atoms with Gasteiger partial charge in [0, 0.05) is 31.9 Å². The van der Waals surface area contributed by atoms with Crippen molar-refractivity contribution in [2.75, 3.05) is 6.54 Å². The Bertz CT molecular complexity index is 1400. The molecule has 2 fully saturated rings.